The molecule has 0 saturated carbocycles. The van der Waals surface area contributed by atoms with Gasteiger partial charge in [0, 0.05) is 37.7 Å². The van der Waals surface area contributed by atoms with Crippen molar-refractivity contribution in [3.05, 3.63) is 96.6 Å². The first-order valence-corrected chi connectivity index (χ1v) is 10.4. The summed E-state index contributed by atoms with van der Waals surface area (Å²) in [6.07, 6.45) is 5.35. The Morgan fingerprint density at radius 2 is 1.76 bits per heavy atom. The molecule has 10 heteroatoms. The topological polar surface area (TPSA) is 99.6 Å². The molecule has 5 aromatic rings. The zero-order valence-electron chi connectivity index (χ0n) is 17.9. The molecule has 3 heterocycles. The van der Waals surface area contributed by atoms with E-state index in [1.165, 1.54) is 4.80 Å². The van der Waals surface area contributed by atoms with Crippen LogP contribution in [0, 0.1) is 0 Å². The van der Waals surface area contributed by atoms with Crippen molar-refractivity contribution in [3.8, 4) is 17.1 Å². The molecule has 0 aliphatic heterocycles. The molecule has 5 rings (SSSR count). The predicted molar refractivity (Wildman–Crippen MR) is 120 cm³/mol. The number of rotatable bonds is 7. The van der Waals surface area contributed by atoms with Gasteiger partial charge < -0.3 is 4.90 Å². The molecule has 0 fully saturated rings. The molecule has 10 nitrogen and oxygen atoms in total. The van der Waals surface area contributed by atoms with Crippen LogP contribution in [0.1, 0.15) is 16.1 Å². The molecule has 33 heavy (non-hydrogen) atoms. The smallest absolute Gasteiger partial charge is 0.274 e. The fourth-order valence-corrected chi connectivity index (χ4v) is 3.41. The normalized spacial score (nSPS) is 10.9. The monoisotopic (exact) mass is 439 g/mol. The van der Waals surface area contributed by atoms with Crippen molar-refractivity contribution in [2.75, 3.05) is 7.05 Å². The molecule has 0 atom stereocenters. The van der Waals surface area contributed by atoms with E-state index in [0.717, 1.165) is 16.8 Å². The van der Waals surface area contributed by atoms with Crippen molar-refractivity contribution in [2.45, 2.75) is 13.2 Å². The molecule has 1 amide bonds. The van der Waals surface area contributed by atoms with Gasteiger partial charge in [0.2, 0.25) is 5.82 Å². The second kappa shape index (κ2) is 8.87. The first-order chi connectivity index (χ1) is 16.2. The van der Waals surface area contributed by atoms with Gasteiger partial charge in [-0.2, -0.15) is 10.2 Å². The maximum atomic E-state index is 12.8. The Morgan fingerprint density at radius 1 is 0.939 bits per heavy atom. The summed E-state index contributed by atoms with van der Waals surface area (Å²) in [7, 11) is 1.76. The minimum atomic E-state index is -0.165. The lowest BCUT2D eigenvalue weighted by atomic mass is 10.2. The summed E-state index contributed by atoms with van der Waals surface area (Å²) >= 11 is 0. The summed E-state index contributed by atoms with van der Waals surface area (Å²) in [4.78, 5) is 15.9. The SMILES string of the molecule is CN(Cc1ccc(-n2cccn2)cc1)C(=O)c1ccn(Cn2nnc(-c3ccccc3)n2)n1. The van der Waals surface area contributed by atoms with E-state index in [1.807, 2.05) is 66.9 Å². The molecule has 3 aromatic heterocycles. The average molecular weight is 439 g/mol. The Bertz CT molecular complexity index is 1340. The van der Waals surface area contributed by atoms with E-state index in [1.54, 1.807) is 39.8 Å². The number of nitrogens with zero attached hydrogens (tertiary/aromatic N) is 9. The third-order valence-electron chi connectivity index (χ3n) is 5.09. The Morgan fingerprint density at radius 3 is 2.52 bits per heavy atom. The highest BCUT2D eigenvalue weighted by atomic mass is 16.2. The lowest BCUT2D eigenvalue weighted by molar-refractivity contribution is 0.0778. The highest BCUT2D eigenvalue weighted by molar-refractivity contribution is 5.91. The number of carbonyl (C=O) groups is 1. The van der Waals surface area contributed by atoms with Crippen molar-refractivity contribution in [2.24, 2.45) is 0 Å². The van der Waals surface area contributed by atoms with E-state index in [2.05, 4.69) is 25.6 Å². The Balaban J connectivity index is 1.21. The minimum absolute atomic E-state index is 0.165. The van der Waals surface area contributed by atoms with Gasteiger partial charge in [0.25, 0.3) is 5.91 Å². The molecule has 0 aliphatic carbocycles. The van der Waals surface area contributed by atoms with Crippen LogP contribution in [0.2, 0.25) is 0 Å². The lowest BCUT2D eigenvalue weighted by Gasteiger charge is -2.16. The van der Waals surface area contributed by atoms with Gasteiger partial charge in [-0.05, 0) is 35.0 Å². The molecule has 0 bridgehead atoms. The van der Waals surface area contributed by atoms with E-state index in [-0.39, 0.29) is 12.6 Å². The Kier molecular flexibility index (Phi) is 5.46. The number of carbonyl (C=O) groups excluding carboxylic acids is 1. The second-order valence-corrected chi connectivity index (χ2v) is 7.51. The largest absolute Gasteiger partial charge is 0.336 e. The summed E-state index contributed by atoms with van der Waals surface area (Å²) in [5, 5.41) is 21.1. The first-order valence-electron chi connectivity index (χ1n) is 10.4. The molecule has 0 unspecified atom stereocenters. The number of amides is 1. The van der Waals surface area contributed by atoms with E-state index in [9.17, 15) is 4.79 Å². The molecule has 0 aliphatic rings. The van der Waals surface area contributed by atoms with Gasteiger partial charge in [0.1, 0.15) is 5.69 Å². The average Bonchev–Trinajstić information content (AvgIpc) is 3.62. The molecular weight excluding hydrogens is 418 g/mol. The predicted octanol–water partition coefficient (Wildman–Crippen LogP) is 2.50. The minimum Gasteiger partial charge on any atom is -0.336 e. The van der Waals surface area contributed by atoms with E-state index >= 15 is 0 Å². The molecule has 0 spiro atoms. The van der Waals surface area contributed by atoms with E-state index in [0.29, 0.717) is 18.1 Å². The van der Waals surface area contributed by atoms with Crippen LogP contribution in [0.15, 0.2) is 85.3 Å². The maximum Gasteiger partial charge on any atom is 0.274 e. The Labute approximate surface area is 189 Å². The molecule has 0 radical (unpaired) electrons. The summed E-state index contributed by atoms with van der Waals surface area (Å²) in [5.41, 5.74) is 3.23. The van der Waals surface area contributed by atoms with Crippen LogP contribution < -0.4 is 0 Å². The molecular formula is C23H21N9O. The molecule has 2 aromatic carbocycles. The van der Waals surface area contributed by atoms with Gasteiger partial charge in [0.15, 0.2) is 6.67 Å². The van der Waals surface area contributed by atoms with Crippen molar-refractivity contribution in [1.82, 2.24) is 44.7 Å². The quantitative estimate of drug-likeness (QED) is 0.386. The van der Waals surface area contributed by atoms with Gasteiger partial charge in [-0.25, -0.2) is 9.36 Å². The summed E-state index contributed by atoms with van der Waals surface area (Å²) in [6.45, 7) is 0.724. The van der Waals surface area contributed by atoms with Crippen LogP contribution in [0.5, 0.6) is 0 Å². The molecule has 164 valence electrons. The number of hydrogen-bond donors (Lipinski definition) is 0. The van der Waals surface area contributed by atoms with Crippen LogP contribution in [0.3, 0.4) is 0 Å². The third-order valence-corrected chi connectivity index (χ3v) is 5.09. The van der Waals surface area contributed by atoms with Crippen LogP contribution >= 0.6 is 0 Å². The molecule has 0 N–H and O–H groups in total. The van der Waals surface area contributed by atoms with Crippen molar-refractivity contribution >= 4 is 5.91 Å². The van der Waals surface area contributed by atoms with Gasteiger partial charge in [-0.1, -0.05) is 42.5 Å². The highest BCUT2D eigenvalue weighted by Gasteiger charge is 2.16. The van der Waals surface area contributed by atoms with E-state index in [4.69, 9.17) is 0 Å². The van der Waals surface area contributed by atoms with Crippen LogP contribution in [0.4, 0.5) is 0 Å². The number of hydrogen-bond acceptors (Lipinski definition) is 6. The van der Waals surface area contributed by atoms with Crippen molar-refractivity contribution in [3.63, 3.8) is 0 Å². The zero-order valence-corrected chi connectivity index (χ0v) is 17.9. The standard InChI is InChI=1S/C23H21N9O/c1-29(16-18-8-10-20(11-9-18)31-14-5-13-24-31)23(33)21-12-15-30(26-21)17-32-27-22(25-28-32)19-6-3-2-4-7-19/h2-15H,16-17H2,1H3. The van der Waals surface area contributed by atoms with Gasteiger partial charge >= 0.3 is 0 Å². The van der Waals surface area contributed by atoms with Gasteiger partial charge in [-0.3, -0.25) is 4.79 Å². The third kappa shape index (κ3) is 4.54. The fraction of sp³-hybridized carbons (Fsp3) is 0.130. The summed E-state index contributed by atoms with van der Waals surface area (Å²) in [5.74, 6) is 0.374. The number of tetrazole rings is 1. The summed E-state index contributed by atoms with van der Waals surface area (Å²) < 4.78 is 3.40. The van der Waals surface area contributed by atoms with E-state index < -0.39 is 0 Å². The van der Waals surface area contributed by atoms with Crippen molar-refractivity contribution < 1.29 is 4.79 Å². The summed E-state index contributed by atoms with van der Waals surface area (Å²) in [6, 6.07) is 21.1. The zero-order chi connectivity index (χ0) is 22.6. The maximum absolute atomic E-state index is 12.8. The number of aromatic nitrogens is 8. The highest BCUT2D eigenvalue weighted by Crippen LogP contribution is 2.13. The van der Waals surface area contributed by atoms with Crippen LogP contribution in [-0.4, -0.2) is 57.6 Å². The fourth-order valence-electron chi connectivity index (χ4n) is 3.41. The lowest BCUT2D eigenvalue weighted by Crippen LogP contribution is -2.27. The molecule has 0 saturated heterocycles. The number of benzene rings is 2. The first kappa shape index (κ1) is 20.3. The second-order valence-electron chi connectivity index (χ2n) is 7.51. The van der Waals surface area contributed by atoms with Gasteiger partial charge in [0.05, 0.1) is 5.69 Å². The van der Waals surface area contributed by atoms with Crippen LogP contribution in [-0.2, 0) is 13.2 Å². The van der Waals surface area contributed by atoms with Crippen LogP contribution in [0.25, 0.3) is 17.1 Å². The van der Waals surface area contributed by atoms with Crippen molar-refractivity contribution in [1.29, 1.82) is 0 Å². The van der Waals surface area contributed by atoms with Gasteiger partial charge in [-0.15, -0.1) is 15.0 Å². The Hall–Kier alpha value is -4.60.